The highest BCUT2D eigenvalue weighted by Crippen LogP contribution is 2.29. The number of aromatic nitrogens is 1. The zero-order chi connectivity index (χ0) is 16.4. The van der Waals surface area contributed by atoms with Crippen LogP contribution in [0.2, 0.25) is 0 Å². The Labute approximate surface area is 130 Å². The van der Waals surface area contributed by atoms with Crippen LogP contribution in [0.5, 0.6) is 0 Å². The first-order valence-corrected chi connectivity index (χ1v) is 6.91. The Balaban J connectivity index is 2.14. The molecule has 2 aromatic heterocycles. The van der Waals surface area contributed by atoms with Gasteiger partial charge in [-0.3, -0.25) is 4.79 Å². The number of allylic oxidation sites excluding steroid dienone is 1. The summed E-state index contributed by atoms with van der Waals surface area (Å²) < 4.78 is 39.0. The molecule has 0 spiro atoms. The molecule has 0 unspecified atom stereocenters. The summed E-state index contributed by atoms with van der Waals surface area (Å²) in [4.78, 5) is 11.1. The Morgan fingerprint density at radius 2 is 1.70 bits per heavy atom. The highest BCUT2D eigenvalue weighted by molar-refractivity contribution is 5.98. The molecular weight excluding hydrogens is 303 g/mol. The van der Waals surface area contributed by atoms with Crippen molar-refractivity contribution in [3.8, 4) is 11.1 Å². The molecule has 0 atom stereocenters. The number of pyridine rings is 1. The SMILES string of the molecule is O=C(C=Cc1c(-c2ccccc2)cc2ccccn12)C(F)(F)F. The van der Waals surface area contributed by atoms with Gasteiger partial charge in [-0.05, 0) is 35.9 Å². The van der Waals surface area contributed by atoms with Crippen molar-refractivity contribution in [2.45, 2.75) is 6.18 Å². The Kier molecular flexibility index (Phi) is 3.78. The number of carbonyl (C=O) groups is 1. The van der Waals surface area contributed by atoms with E-state index in [1.165, 1.54) is 6.08 Å². The maximum atomic E-state index is 12.4. The van der Waals surface area contributed by atoms with Crippen molar-refractivity contribution in [2.24, 2.45) is 0 Å². The summed E-state index contributed by atoms with van der Waals surface area (Å²) in [6, 6.07) is 16.7. The Morgan fingerprint density at radius 3 is 2.39 bits per heavy atom. The number of ketones is 1. The summed E-state index contributed by atoms with van der Waals surface area (Å²) in [6.45, 7) is 0. The van der Waals surface area contributed by atoms with Gasteiger partial charge in [0, 0.05) is 17.3 Å². The second-order valence-electron chi connectivity index (χ2n) is 5.00. The fourth-order valence-corrected chi connectivity index (χ4v) is 2.41. The number of hydrogen-bond acceptors (Lipinski definition) is 1. The highest BCUT2D eigenvalue weighted by atomic mass is 19.4. The molecule has 5 heteroatoms. The summed E-state index contributed by atoms with van der Waals surface area (Å²) in [5.41, 5.74) is 3.01. The van der Waals surface area contributed by atoms with Crippen LogP contribution in [0.15, 0.2) is 66.9 Å². The molecule has 0 saturated heterocycles. The molecule has 0 aliphatic carbocycles. The van der Waals surface area contributed by atoms with Gasteiger partial charge in [0.05, 0.1) is 5.69 Å². The lowest BCUT2D eigenvalue weighted by Crippen LogP contribution is -2.19. The number of hydrogen-bond donors (Lipinski definition) is 0. The van der Waals surface area contributed by atoms with Crippen LogP contribution < -0.4 is 0 Å². The number of nitrogens with zero attached hydrogens (tertiary/aromatic N) is 1. The molecule has 0 radical (unpaired) electrons. The second-order valence-corrected chi connectivity index (χ2v) is 5.00. The van der Waals surface area contributed by atoms with Crippen molar-refractivity contribution in [1.82, 2.24) is 4.40 Å². The normalized spacial score (nSPS) is 12.1. The third-order valence-corrected chi connectivity index (χ3v) is 3.48. The molecule has 0 aliphatic rings. The molecule has 23 heavy (non-hydrogen) atoms. The first kappa shape index (κ1) is 15.1. The van der Waals surface area contributed by atoms with Crippen LogP contribution in [0.3, 0.4) is 0 Å². The predicted molar refractivity (Wildman–Crippen MR) is 82.9 cm³/mol. The lowest BCUT2D eigenvalue weighted by atomic mass is 10.1. The zero-order valence-corrected chi connectivity index (χ0v) is 11.9. The molecule has 0 amide bonds. The van der Waals surface area contributed by atoms with E-state index in [2.05, 4.69) is 0 Å². The lowest BCUT2D eigenvalue weighted by Gasteiger charge is -2.03. The Morgan fingerprint density at radius 1 is 1.00 bits per heavy atom. The average Bonchev–Trinajstić information content (AvgIpc) is 2.91. The van der Waals surface area contributed by atoms with E-state index >= 15 is 0 Å². The van der Waals surface area contributed by atoms with Crippen LogP contribution in [0.25, 0.3) is 22.7 Å². The summed E-state index contributed by atoms with van der Waals surface area (Å²) in [7, 11) is 0. The van der Waals surface area contributed by atoms with Crippen molar-refractivity contribution in [1.29, 1.82) is 0 Å². The molecule has 3 aromatic rings. The van der Waals surface area contributed by atoms with Gasteiger partial charge in [0.15, 0.2) is 0 Å². The molecule has 0 saturated carbocycles. The molecule has 0 fully saturated rings. The Hall–Kier alpha value is -2.82. The number of fused-ring (bicyclic) bond motifs is 1. The lowest BCUT2D eigenvalue weighted by molar-refractivity contribution is -0.165. The highest BCUT2D eigenvalue weighted by Gasteiger charge is 2.36. The monoisotopic (exact) mass is 315 g/mol. The minimum Gasteiger partial charge on any atom is -0.317 e. The fourth-order valence-electron chi connectivity index (χ4n) is 2.41. The van der Waals surface area contributed by atoms with E-state index in [4.69, 9.17) is 0 Å². The first-order chi connectivity index (χ1) is 11.0. The van der Waals surface area contributed by atoms with Crippen molar-refractivity contribution in [3.63, 3.8) is 0 Å². The summed E-state index contributed by atoms with van der Waals surface area (Å²) in [6.07, 6.45) is -1.33. The van der Waals surface area contributed by atoms with E-state index in [9.17, 15) is 18.0 Å². The number of halogens is 3. The fraction of sp³-hybridized carbons (Fsp3) is 0.0556. The average molecular weight is 315 g/mol. The number of carbonyl (C=O) groups excluding carboxylic acids is 1. The molecule has 3 rings (SSSR count). The van der Waals surface area contributed by atoms with Gasteiger partial charge in [0.1, 0.15) is 0 Å². The molecule has 2 heterocycles. The Bertz CT molecular complexity index is 876. The van der Waals surface area contributed by atoms with Gasteiger partial charge >= 0.3 is 6.18 Å². The maximum absolute atomic E-state index is 12.4. The van der Waals surface area contributed by atoms with Gasteiger partial charge in [0.2, 0.25) is 0 Å². The van der Waals surface area contributed by atoms with Crippen LogP contribution >= 0.6 is 0 Å². The smallest absolute Gasteiger partial charge is 0.317 e. The summed E-state index contributed by atoms with van der Waals surface area (Å²) in [5.74, 6) is -1.87. The molecule has 116 valence electrons. The van der Waals surface area contributed by atoms with E-state index in [1.54, 1.807) is 16.7 Å². The minimum atomic E-state index is -4.86. The van der Waals surface area contributed by atoms with Crippen LogP contribution in [-0.4, -0.2) is 16.4 Å². The molecule has 2 nitrogen and oxygen atoms in total. The van der Waals surface area contributed by atoms with Gasteiger partial charge in [0.25, 0.3) is 5.78 Å². The second kappa shape index (κ2) is 5.76. The van der Waals surface area contributed by atoms with Crippen LogP contribution in [0.4, 0.5) is 13.2 Å². The minimum absolute atomic E-state index is 0.532. The van der Waals surface area contributed by atoms with Crippen molar-refractivity contribution < 1.29 is 18.0 Å². The van der Waals surface area contributed by atoms with Gasteiger partial charge in [-0.15, -0.1) is 0 Å². The van der Waals surface area contributed by atoms with E-state index in [0.29, 0.717) is 11.8 Å². The number of alkyl halides is 3. The van der Waals surface area contributed by atoms with Gasteiger partial charge in [-0.25, -0.2) is 0 Å². The van der Waals surface area contributed by atoms with E-state index in [1.807, 2.05) is 48.5 Å². The van der Waals surface area contributed by atoms with E-state index in [0.717, 1.165) is 16.6 Å². The topological polar surface area (TPSA) is 21.5 Å². The summed E-state index contributed by atoms with van der Waals surface area (Å²) >= 11 is 0. The van der Waals surface area contributed by atoms with Gasteiger partial charge < -0.3 is 4.40 Å². The van der Waals surface area contributed by atoms with Crippen LogP contribution in [-0.2, 0) is 4.79 Å². The standard InChI is InChI=1S/C18H12F3NO/c19-18(20,21)17(23)10-9-16-15(13-6-2-1-3-7-13)12-14-8-4-5-11-22(14)16/h1-12H. The largest absolute Gasteiger partial charge is 0.454 e. The van der Waals surface area contributed by atoms with Crippen molar-refractivity contribution in [2.75, 3.05) is 0 Å². The third-order valence-electron chi connectivity index (χ3n) is 3.48. The van der Waals surface area contributed by atoms with Gasteiger partial charge in [-0.1, -0.05) is 36.4 Å². The third kappa shape index (κ3) is 3.04. The molecule has 0 bridgehead atoms. The number of benzene rings is 1. The molecular formula is C18H12F3NO. The van der Waals surface area contributed by atoms with Crippen LogP contribution in [0, 0.1) is 0 Å². The quantitative estimate of drug-likeness (QED) is 0.639. The zero-order valence-electron chi connectivity index (χ0n) is 11.9. The summed E-state index contributed by atoms with van der Waals surface area (Å²) in [5, 5.41) is 0. The molecule has 0 N–H and O–H groups in total. The van der Waals surface area contributed by atoms with Crippen LogP contribution in [0.1, 0.15) is 5.69 Å². The van der Waals surface area contributed by atoms with Crippen molar-refractivity contribution >= 4 is 17.4 Å². The molecule has 0 aliphatic heterocycles. The number of rotatable bonds is 3. The molecule has 1 aromatic carbocycles. The van der Waals surface area contributed by atoms with E-state index < -0.39 is 12.0 Å². The first-order valence-electron chi connectivity index (χ1n) is 6.91. The van der Waals surface area contributed by atoms with E-state index in [-0.39, 0.29) is 0 Å². The van der Waals surface area contributed by atoms with Crippen molar-refractivity contribution in [3.05, 3.63) is 72.6 Å². The maximum Gasteiger partial charge on any atom is 0.454 e. The van der Waals surface area contributed by atoms with Gasteiger partial charge in [-0.2, -0.15) is 13.2 Å². The predicted octanol–water partition coefficient (Wildman–Crippen LogP) is 4.75.